The number of benzene rings is 2. The molecule has 0 fully saturated rings. The molecule has 1 heterocycles. The molecule has 0 radical (unpaired) electrons. The van der Waals surface area contributed by atoms with Crippen LogP contribution in [0, 0.1) is 0 Å². The van der Waals surface area contributed by atoms with Crippen molar-refractivity contribution in [3.05, 3.63) is 77.4 Å². The van der Waals surface area contributed by atoms with E-state index in [1.807, 2.05) is 6.07 Å². The largest absolute Gasteiger partial charge is 0.346 e. The van der Waals surface area contributed by atoms with Gasteiger partial charge in [0.25, 0.3) is 11.5 Å². The Kier molecular flexibility index (Phi) is 5.74. The van der Waals surface area contributed by atoms with Crippen molar-refractivity contribution in [1.29, 1.82) is 0 Å². The Morgan fingerprint density at radius 1 is 1.04 bits per heavy atom. The first-order chi connectivity index (χ1) is 13.2. The molecule has 7 nitrogen and oxygen atoms in total. The molecule has 1 N–H and O–H groups in total. The Bertz CT molecular complexity index is 1220. The maximum atomic E-state index is 12.6. The number of halogens is 3. The van der Waals surface area contributed by atoms with Crippen LogP contribution in [0.25, 0.3) is 11.1 Å². The Morgan fingerprint density at radius 3 is 2.32 bits per heavy atom. The number of aromatic nitrogens is 3. The molecule has 1 amide bonds. The molecule has 3 aromatic rings. The van der Waals surface area contributed by atoms with Gasteiger partial charge in [-0.2, -0.15) is 5.10 Å². The standard InChI is InChI=1S/C18H13BrCl2N4O3/c1-24-17(27)15(23-25(2)18(24)28)16(26)22-12-8-4-6-10(14(12)21)9-5-3-7-11(19)13(9)20/h3-8H,1-2H3,(H,22,26). The first kappa shape index (κ1) is 20.3. The van der Waals surface area contributed by atoms with Gasteiger partial charge in [0.2, 0.25) is 5.69 Å². The van der Waals surface area contributed by atoms with E-state index in [0.717, 1.165) is 9.25 Å². The normalized spacial score (nSPS) is 10.8. The van der Waals surface area contributed by atoms with Crippen LogP contribution in [-0.4, -0.2) is 20.3 Å². The number of nitrogens with zero attached hydrogens (tertiary/aromatic N) is 3. The summed E-state index contributed by atoms with van der Waals surface area (Å²) >= 11 is 16.2. The van der Waals surface area contributed by atoms with Crippen LogP contribution in [0.4, 0.5) is 5.69 Å². The number of anilines is 1. The third kappa shape index (κ3) is 3.63. The third-order valence-corrected chi connectivity index (χ3v) is 5.73. The van der Waals surface area contributed by atoms with Gasteiger partial charge in [0.15, 0.2) is 0 Å². The van der Waals surface area contributed by atoms with Crippen molar-refractivity contribution in [2.75, 3.05) is 5.32 Å². The lowest BCUT2D eigenvalue weighted by Gasteiger charge is -2.13. The Labute approximate surface area is 177 Å². The molecule has 3 rings (SSSR count). The minimum absolute atomic E-state index is 0.248. The lowest BCUT2D eigenvalue weighted by molar-refractivity contribution is 0.101. The van der Waals surface area contributed by atoms with Crippen molar-refractivity contribution in [1.82, 2.24) is 14.3 Å². The predicted octanol–water partition coefficient (Wildman–Crippen LogP) is 3.47. The van der Waals surface area contributed by atoms with Gasteiger partial charge >= 0.3 is 5.69 Å². The van der Waals surface area contributed by atoms with E-state index in [2.05, 4.69) is 26.3 Å². The summed E-state index contributed by atoms with van der Waals surface area (Å²) < 4.78 is 2.42. The van der Waals surface area contributed by atoms with E-state index in [9.17, 15) is 14.4 Å². The van der Waals surface area contributed by atoms with Gasteiger partial charge in [0, 0.05) is 29.7 Å². The highest BCUT2D eigenvalue weighted by Crippen LogP contribution is 2.39. The van der Waals surface area contributed by atoms with E-state index >= 15 is 0 Å². The van der Waals surface area contributed by atoms with Crippen molar-refractivity contribution >= 4 is 50.7 Å². The van der Waals surface area contributed by atoms with Crippen LogP contribution >= 0.6 is 39.1 Å². The van der Waals surface area contributed by atoms with Crippen LogP contribution in [-0.2, 0) is 14.1 Å². The van der Waals surface area contributed by atoms with Crippen LogP contribution in [0.1, 0.15) is 10.5 Å². The van der Waals surface area contributed by atoms with Crippen LogP contribution in [0.3, 0.4) is 0 Å². The second kappa shape index (κ2) is 7.90. The average molecular weight is 484 g/mol. The Morgan fingerprint density at radius 2 is 1.64 bits per heavy atom. The minimum atomic E-state index is -0.803. The maximum Gasteiger partial charge on any atom is 0.346 e. The van der Waals surface area contributed by atoms with Crippen LogP contribution in [0.15, 0.2) is 50.5 Å². The lowest BCUT2D eigenvalue weighted by atomic mass is 10.0. The number of rotatable bonds is 3. The molecular weight excluding hydrogens is 471 g/mol. The average Bonchev–Trinajstić information content (AvgIpc) is 2.67. The smallest absolute Gasteiger partial charge is 0.319 e. The Hall–Kier alpha value is -2.42. The summed E-state index contributed by atoms with van der Waals surface area (Å²) in [5, 5.41) is 7.04. The van der Waals surface area contributed by atoms with Gasteiger partial charge < -0.3 is 5.32 Å². The fourth-order valence-corrected chi connectivity index (χ4v) is 3.44. The highest BCUT2D eigenvalue weighted by atomic mass is 79.9. The van der Waals surface area contributed by atoms with Crippen LogP contribution in [0.5, 0.6) is 0 Å². The molecule has 10 heteroatoms. The Balaban J connectivity index is 2.03. The SMILES string of the molecule is Cn1nc(C(=O)Nc2cccc(-c3cccc(Br)c3Cl)c2Cl)c(=O)n(C)c1=O. The number of nitrogens with one attached hydrogen (secondary N) is 1. The highest BCUT2D eigenvalue weighted by molar-refractivity contribution is 9.10. The lowest BCUT2D eigenvalue weighted by Crippen LogP contribution is -2.43. The second-order valence-electron chi connectivity index (χ2n) is 5.84. The van der Waals surface area contributed by atoms with Gasteiger partial charge in [0.05, 0.1) is 15.7 Å². The second-order valence-corrected chi connectivity index (χ2v) is 7.45. The molecule has 28 heavy (non-hydrogen) atoms. The van der Waals surface area contributed by atoms with Crippen LogP contribution in [0.2, 0.25) is 10.0 Å². The zero-order chi connectivity index (χ0) is 20.6. The summed E-state index contributed by atoms with van der Waals surface area (Å²) in [6.07, 6.45) is 0. The molecule has 0 aliphatic rings. The van der Waals surface area contributed by atoms with Gasteiger partial charge in [-0.25, -0.2) is 9.48 Å². The summed E-state index contributed by atoms with van der Waals surface area (Å²) in [6, 6.07) is 10.4. The summed E-state index contributed by atoms with van der Waals surface area (Å²) in [5.41, 5.74) is -0.307. The number of hydrogen-bond donors (Lipinski definition) is 1. The molecule has 0 spiro atoms. The van der Waals surface area contributed by atoms with E-state index in [4.69, 9.17) is 23.2 Å². The van der Waals surface area contributed by atoms with E-state index in [1.165, 1.54) is 14.1 Å². The van der Waals surface area contributed by atoms with Gasteiger partial charge in [-0.3, -0.25) is 14.2 Å². The highest BCUT2D eigenvalue weighted by Gasteiger charge is 2.19. The summed E-state index contributed by atoms with van der Waals surface area (Å²) in [6.45, 7) is 0. The van der Waals surface area contributed by atoms with E-state index < -0.39 is 22.9 Å². The zero-order valence-corrected chi connectivity index (χ0v) is 17.8. The van der Waals surface area contributed by atoms with Gasteiger partial charge in [-0.05, 0) is 28.1 Å². The molecule has 1 aromatic heterocycles. The van der Waals surface area contributed by atoms with Gasteiger partial charge in [0.1, 0.15) is 0 Å². The van der Waals surface area contributed by atoms with Crippen molar-refractivity contribution in [3.8, 4) is 11.1 Å². The molecule has 0 atom stereocenters. The molecule has 2 aromatic carbocycles. The summed E-state index contributed by atoms with van der Waals surface area (Å²) in [5.74, 6) is -0.782. The molecule has 0 saturated heterocycles. The molecular formula is C18H13BrCl2N4O3. The fourth-order valence-electron chi connectivity index (χ4n) is 2.57. The quantitative estimate of drug-likeness (QED) is 0.618. The number of amides is 1. The first-order valence-electron chi connectivity index (χ1n) is 7.91. The van der Waals surface area contributed by atoms with Crippen molar-refractivity contribution in [3.63, 3.8) is 0 Å². The van der Waals surface area contributed by atoms with E-state index in [1.54, 1.807) is 30.3 Å². The maximum absolute atomic E-state index is 12.6. The molecule has 0 unspecified atom stereocenters. The van der Waals surface area contributed by atoms with Crippen LogP contribution < -0.4 is 16.6 Å². The first-order valence-corrected chi connectivity index (χ1v) is 9.46. The zero-order valence-electron chi connectivity index (χ0n) is 14.7. The van der Waals surface area contributed by atoms with Crippen molar-refractivity contribution in [2.24, 2.45) is 14.1 Å². The molecule has 0 bridgehead atoms. The molecule has 0 aliphatic carbocycles. The minimum Gasteiger partial charge on any atom is -0.319 e. The number of hydrogen-bond acceptors (Lipinski definition) is 4. The fraction of sp³-hybridized carbons (Fsp3) is 0.111. The van der Waals surface area contributed by atoms with Gasteiger partial charge in [-0.1, -0.05) is 47.5 Å². The monoisotopic (exact) mass is 482 g/mol. The molecule has 0 saturated carbocycles. The van der Waals surface area contributed by atoms with Gasteiger partial charge in [-0.15, -0.1) is 0 Å². The topological polar surface area (TPSA) is 86.0 Å². The third-order valence-electron chi connectivity index (χ3n) is 4.02. The van der Waals surface area contributed by atoms with E-state index in [-0.39, 0.29) is 10.7 Å². The number of aryl methyl sites for hydroxylation is 1. The molecule has 144 valence electrons. The molecule has 0 aliphatic heterocycles. The van der Waals surface area contributed by atoms with Crippen molar-refractivity contribution in [2.45, 2.75) is 0 Å². The summed E-state index contributed by atoms with van der Waals surface area (Å²) in [4.78, 5) is 36.5. The van der Waals surface area contributed by atoms with E-state index in [0.29, 0.717) is 20.6 Å². The van der Waals surface area contributed by atoms with Crippen molar-refractivity contribution < 1.29 is 4.79 Å². The summed E-state index contributed by atoms with van der Waals surface area (Å²) in [7, 11) is 2.62. The predicted molar refractivity (Wildman–Crippen MR) is 112 cm³/mol. The number of carbonyl (C=O) groups is 1. The number of carbonyl (C=O) groups excluding carboxylic acids is 1.